The number of nitrogens with two attached hydrogens (primary N) is 1. The molecule has 1 fully saturated rings. The molecule has 1 saturated heterocycles. The van der Waals surface area contributed by atoms with E-state index in [9.17, 15) is 0 Å². The Morgan fingerprint density at radius 2 is 2.44 bits per heavy atom. The maximum absolute atomic E-state index is 6.20. The highest BCUT2D eigenvalue weighted by Gasteiger charge is 2.23. The van der Waals surface area contributed by atoms with Gasteiger partial charge in [0.25, 0.3) is 0 Å². The molecule has 0 aliphatic carbocycles. The number of hydrogen-bond acceptors (Lipinski definition) is 4. The quantitative estimate of drug-likeness (QED) is 0.891. The van der Waals surface area contributed by atoms with Crippen LogP contribution < -0.4 is 5.73 Å². The Labute approximate surface area is 106 Å². The van der Waals surface area contributed by atoms with E-state index in [2.05, 4.69) is 19.2 Å². The van der Waals surface area contributed by atoms with Gasteiger partial charge >= 0.3 is 0 Å². The number of rotatable bonds is 4. The molecule has 0 aromatic carbocycles. The molecule has 0 radical (unpaired) electrons. The third kappa shape index (κ3) is 2.60. The summed E-state index contributed by atoms with van der Waals surface area (Å²) in [5, 5.41) is 4.09. The Bertz CT molecular complexity index is 332. The summed E-state index contributed by atoms with van der Waals surface area (Å²) in [6.07, 6.45) is 3.74. The highest BCUT2D eigenvalue weighted by molar-refractivity contribution is 7.99. The first-order chi connectivity index (χ1) is 7.72. The number of aromatic nitrogens is 1. The van der Waals surface area contributed by atoms with Crippen molar-refractivity contribution < 1.29 is 0 Å². The Balaban J connectivity index is 2.06. The van der Waals surface area contributed by atoms with Gasteiger partial charge in [-0.15, -0.1) is 11.3 Å². The van der Waals surface area contributed by atoms with Crippen LogP contribution in [0.15, 0.2) is 5.38 Å². The first kappa shape index (κ1) is 12.4. The van der Waals surface area contributed by atoms with Crippen LogP contribution in [0.25, 0.3) is 0 Å². The summed E-state index contributed by atoms with van der Waals surface area (Å²) in [6, 6.07) is 0.112. The lowest BCUT2D eigenvalue weighted by Crippen LogP contribution is -2.18. The zero-order valence-corrected chi connectivity index (χ0v) is 11.6. The monoisotopic (exact) mass is 256 g/mol. The largest absolute Gasteiger partial charge is 0.322 e. The maximum Gasteiger partial charge on any atom is 0.106 e. The van der Waals surface area contributed by atoms with Gasteiger partial charge in [-0.2, -0.15) is 11.8 Å². The predicted molar refractivity (Wildman–Crippen MR) is 72.9 cm³/mol. The van der Waals surface area contributed by atoms with Crippen molar-refractivity contribution in [2.24, 2.45) is 11.7 Å². The van der Waals surface area contributed by atoms with Gasteiger partial charge in [-0.05, 0) is 24.5 Å². The van der Waals surface area contributed by atoms with Crippen LogP contribution in [0.5, 0.6) is 0 Å². The van der Waals surface area contributed by atoms with Crippen LogP contribution >= 0.6 is 23.1 Å². The summed E-state index contributed by atoms with van der Waals surface area (Å²) in [7, 11) is 0. The van der Waals surface area contributed by atoms with Crippen LogP contribution in [0.4, 0.5) is 0 Å². The number of thioether (sulfide) groups is 1. The number of nitrogens with zero attached hydrogens (tertiary/aromatic N) is 1. The standard InChI is InChI=1S/C12H20N2S2/c1-3-8(2)11(13)9-7-16-12(14-9)10-5-4-6-15-10/h7-8,10-11H,3-6,13H2,1-2H3. The van der Waals surface area contributed by atoms with Crippen LogP contribution in [0.3, 0.4) is 0 Å². The first-order valence-electron chi connectivity index (χ1n) is 6.05. The van der Waals surface area contributed by atoms with Crippen LogP contribution in [0.1, 0.15) is 55.1 Å². The molecule has 0 amide bonds. The Morgan fingerprint density at radius 3 is 3.06 bits per heavy atom. The van der Waals surface area contributed by atoms with Crippen molar-refractivity contribution >= 4 is 23.1 Å². The lowest BCUT2D eigenvalue weighted by atomic mass is 9.98. The van der Waals surface area contributed by atoms with E-state index in [0.29, 0.717) is 11.2 Å². The molecule has 1 aromatic rings. The van der Waals surface area contributed by atoms with Gasteiger partial charge in [0.1, 0.15) is 5.01 Å². The number of hydrogen-bond donors (Lipinski definition) is 1. The van der Waals surface area contributed by atoms with E-state index in [1.54, 1.807) is 11.3 Å². The third-order valence-corrected chi connectivity index (χ3v) is 5.85. The van der Waals surface area contributed by atoms with Crippen molar-refractivity contribution in [3.8, 4) is 0 Å². The van der Waals surface area contributed by atoms with E-state index in [0.717, 1.165) is 12.1 Å². The fourth-order valence-corrected chi connectivity index (χ4v) is 4.32. The summed E-state index contributed by atoms with van der Waals surface area (Å²) in [5.74, 6) is 1.81. The normalized spacial score (nSPS) is 24.6. The van der Waals surface area contributed by atoms with Gasteiger partial charge in [0, 0.05) is 5.38 Å². The summed E-state index contributed by atoms with van der Waals surface area (Å²) >= 11 is 3.83. The average molecular weight is 256 g/mol. The SMILES string of the molecule is CCC(C)C(N)c1csc(C2CCCS2)n1. The number of thiazole rings is 1. The smallest absolute Gasteiger partial charge is 0.106 e. The molecule has 16 heavy (non-hydrogen) atoms. The lowest BCUT2D eigenvalue weighted by molar-refractivity contribution is 0.449. The van der Waals surface area contributed by atoms with Crippen molar-refractivity contribution in [1.29, 1.82) is 0 Å². The maximum atomic E-state index is 6.20. The summed E-state index contributed by atoms with van der Waals surface area (Å²) < 4.78 is 0. The van der Waals surface area contributed by atoms with Gasteiger partial charge in [-0.25, -0.2) is 4.98 Å². The Kier molecular flexibility index (Phi) is 4.27. The first-order valence-corrected chi connectivity index (χ1v) is 7.97. The molecule has 1 aliphatic heterocycles. The van der Waals surface area contributed by atoms with Crippen molar-refractivity contribution in [3.63, 3.8) is 0 Å². The minimum absolute atomic E-state index is 0.112. The molecule has 0 bridgehead atoms. The lowest BCUT2D eigenvalue weighted by Gasteiger charge is -2.15. The second-order valence-corrected chi connectivity index (χ2v) is 6.72. The highest BCUT2D eigenvalue weighted by atomic mass is 32.2. The van der Waals surface area contributed by atoms with E-state index in [1.807, 2.05) is 11.8 Å². The van der Waals surface area contributed by atoms with Gasteiger partial charge in [-0.3, -0.25) is 0 Å². The molecule has 3 atom stereocenters. The summed E-state index contributed by atoms with van der Waals surface area (Å²) in [6.45, 7) is 4.39. The van der Waals surface area contributed by atoms with Gasteiger partial charge < -0.3 is 5.73 Å². The van der Waals surface area contributed by atoms with Gasteiger partial charge in [0.2, 0.25) is 0 Å². The molecule has 4 heteroatoms. The van der Waals surface area contributed by atoms with Crippen LogP contribution in [-0.4, -0.2) is 10.7 Å². The fraction of sp³-hybridized carbons (Fsp3) is 0.750. The van der Waals surface area contributed by atoms with E-state index in [1.165, 1.54) is 23.6 Å². The van der Waals surface area contributed by atoms with Crippen LogP contribution in [0, 0.1) is 5.92 Å². The Hall–Kier alpha value is -0.0600. The van der Waals surface area contributed by atoms with Gasteiger partial charge in [0.15, 0.2) is 0 Å². The predicted octanol–water partition coefficient (Wildman–Crippen LogP) is 3.76. The third-order valence-electron chi connectivity index (χ3n) is 3.34. The Morgan fingerprint density at radius 1 is 1.62 bits per heavy atom. The fourth-order valence-electron chi connectivity index (χ4n) is 1.92. The van der Waals surface area contributed by atoms with E-state index < -0.39 is 0 Å². The molecule has 0 spiro atoms. The van der Waals surface area contributed by atoms with Gasteiger partial charge in [-0.1, -0.05) is 20.3 Å². The highest BCUT2D eigenvalue weighted by Crippen LogP contribution is 2.41. The summed E-state index contributed by atoms with van der Waals surface area (Å²) in [5.41, 5.74) is 7.30. The molecule has 2 nitrogen and oxygen atoms in total. The van der Waals surface area contributed by atoms with E-state index in [4.69, 9.17) is 10.7 Å². The minimum atomic E-state index is 0.112. The van der Waals surface area contributed by atoms with Crippen LogP contribution in [0.2, 0.25) is 0 Å². The second kappa shape index (κ2) is 5.52. The summed E-state index contributed by atoms with van der Waals surface area (Å²) in [4.78, 5) is 4.73. The minimum Gasteiger partial charge on any atom is -0.322 e. The topological polar surface area (TPSA) is 38.9 Å². The molecule has 2 heterocycles. The molecule has 90 valence electrons. The van der Waals surface area contributed by atoms with Gasteiger partial charge in [0.05, 0.1) is 17.0 Å². The zero-order chi connectivity index (χ0) is 11.5. The average Bonchev–Trinajstić information content (AvgIpc) is 2.96. The second-order valence-electron chi connectivity index (χ2n) is 4.52. The molecule has 3 unspecified atom stereocenters. The molecule has 1 aromatic heterocycles. The van der Waals surface area contributed by atoms with E-state index >= 15 is 0 Å². The molecular weight excluding hydrogens is 236 g/mol. The zero-order valence-electron chi connectivity index (χ0n) is 9.98. The molecule has 1 aliphatic rings. The van der Waals surface area contributed by atoms with E-state index in [-0.39, 0.29) is 6.04 Å². The molecule has 0 saturated carbocycles. The van der Waals surface area contributed by atoms with Crippen molar-refractivity contribution in [3.05, 3.63) is 16.1 Å². The van der Waals surface area contributed by atoms with Crippen molar-refractivity contribution in [2.45, 2.75) is 44.4 Å². The molecule has 2 N–H and O–H groups in total. The van der Waals surface area contributed by atoms with Crippen LogP contribution in [-0.2, 0) is 0 Å². The van der Waals surface area contributed by atoms with Crippen molar-refractivity contribution in [1.82, 2.24) is 4.98 Å². The molecule has 2 rings (SSSR count). The molecular formula is C12H20N2S2. The van der Waals surface area contributed by atoms with Crippen molar-refractivity contribution in [2.75, 3.05) is 5.75 Å².